The van der Waals surface area contributed by atoms with Crippen molar-refractivity contribution in [3.63, 3.8) is 0 Å². The van der Waals surface area contributed by atoms with Crippen LogP contribution in [-0.4, -0.2) is 15.4 Å². The van der Waals surface area contributed by atoms with Crippen molar-refractivity contribution in [2.75, 3.05) is 6.61 Å². The molecule has 46 heavy (non-hydrogen) atoms. The average molecular weight is 612 g/mol. The summed E-state index contributed by atoms with van der Waals surface area (Å²) >= 11 is 0. The first-order chi connectivity index (χ1) is 22.8. The van der Waals surface area contributed by atoms with Crippen molar-refractivity contribution in [1.29, 1.82) is 0 Å². The smallest absolute Gasteiger partial charge is 0.140 e. The zero-order valence-electron chi connectivity index (χ0n) is 26.3. The molecule has 0 spiro atoms. The number of benzene rings is 6. The highest BCUT2D eigenvalue weighted by Gasteiger charge is 2.34. The van der Waals surface area contributed by atoms with Crippen LogP contribution in [0.25, 0.3) is 48.7 Å². The lowest BCUT2D eigenvalue weighted by Crippen LogP contribution is -2.24. The van der Waals surface area contributed by atoms with Gasteiger partial charge in [0.05, 0.1) is 6.61 Å². The minimum atomic E-state index is -0.954. The van der Waals surface area contributed by atoms with Crippen molar-refractivity contribution in [3.05, 3.63) is 138 Å². The van der Waals surface area contributed by atoms with Crippen LogP contribution in [0.1, 0.15) is 44.1 Å². The molecule has 2 heteroatoms. The third-order valence-corrected chi connectivity index (χ3v) is 13.0. The van der Waals surface area contributed by atoms with Crippen molar-refractivity contribution >= 4 is 62.6 Å². The van der Waals surface area contributed by atoms with Crippen LogP contribution in [0.5, 0.6) is 5.75 Å². The third kappa shape index (κ3) is 5.10. The Morgan fingerprint density at radius 1 is 0.630 bits per heavy atom. The van der Waals surface area contributed by atoms with Gasteiger partial charge < -0.3 is 4.74 Å². The molecule has 2 bridgehead atoms. The molecule has 1 radical (unpaired) electrons. The Kier molecular flexibility index (Phi) is 7.12. The molecule has 1 aliphatic heterocycles. The monoisotopic (exact) mass is 611 g/mol. The first-order valence-corrected chi connectivity index (χ1v) is 18.9. The van der Waals surface area contributed by atoms with E-state index in [1.807, 2.05) is 0 Å². The van der Waals surface area contributed by atoms with Gasteiger partial charge in [-0.25, -0.2) is 0 Å². The number of hydrogen-bond acceptors (Lipinski definition) is 1. The van der Waals surface area contributed by atoms with Gasteiger partial charge in [-0.3, -0.25) is 0 Å². The first-order valence-electron chi connectivity index (χ1n) is 17.2. The molecule has 0 aromatic heterocycles. The summed E-state index contributed by atoms with van der Waals surface area (Å²) in [5, 5.41) is 11.9. The standard InChI is InChI=1S/C44H39OSi/c1(2-8-31-24-30-13-14-34(31)25-30)7-22-45-38-16-18-39(19-17-38)46-23-21-37(29-46)44-40-12-6-5-11-35(40)28-43-41(44)20-15-36-26-32-9-3-4-10-33(32)27-42(36)43/h3-6,9-21,23,26-31,34H,1-2,7-8,22,24-25H2. The van der Waals surface area contributed by atoms with E-state index in [1.54, 1.807) is 0 Å². The Balaban J connectivity index is 0.931. The normalized spacial score (nSPS) is 20.5. The molecule has 6 aromatic rings. The summed E-state index contributed by atoms with van der Waals surface area (Å²) in [4.78, 5) is 0. The maximum absolute atomic E-state index is 6.16. The Hall–Kier alpha value is -4.40. The van der Waals surface area contributed by atoms with Crippen LogP contribution >= 0.6 is 0 Å². The second-order valence-electron chi connectivity index (χ2n) is 13.7. The number of allylic oxidation sites excluding steroid dienone is 4. The zero-order chi connectivity index (χ0) is 30.5. The fraction of sp³-hybridized carbons (Fsp3) is 0.227. The number of hydrogen-bond donors (Lipinski definition) is 0. The lowest BCUT2D eigenvalue weighted by Gasteiger charge is -2.17. The number of rotatable bonds is 9. The van der Waals surface area contributed by atoms with Gasteiger partial charge in [-0.05, 0) is 128 Å². The molecule has 1 saturated carbocycles. The van der Waals surface area contributed by atoms with Gasteiger partial charge in [0.1, 0.15) is 14.5 Å². The maximum Gasteiger partial charge on any atom is 0.140 e. The van der Waals surface area contributed by atoms with E-state index in [9.17, 15) is 0 Å². The van der Waals surface area contributed by atoms with Gasteiger partial charge in [0.25, 0.3) is 0 Å². The Bertz CT molecular complexity index is 2190. The van der Waals surface area contributed by atoms with Crippen molar-refractivity contribution in [2.24, 2.45) is 17.8 Å². The second-order valence-corrected chi connectivity index (χ2v) is 15.8. The summed E-state index contributed by atoms with van der Waals surface area (Å²) < 4.78 is 6.16. The Labute approximate surface area is 273 Å². The van der Waals surface area contributed by atoms with Crippen LogP contribution in [0.4, 0.5) is 0 Å². The van der Waals surface area contributed by atoms with E-state index < -0.39 is 8.80 Å². The molecular formula is C44H39OSi. The van der Waals surface area contributed by atoms with Crippen LogP contribution in [0, 0.1) is 17.8 Å². The van der Waals surface area contributed by atoms with Gasteiger partial charge >= 0.3 is 0 Å². The van der Waals surface area contributed by atoms with Crippen LogP contribution < -0.4 is 9.92 Å². The van der Waals surface area contributed by atoms with E-state index in [4.69, 9.17) is 4.74 Å². The molecule has 0 saturated heterocycles. The predicted molar refractivity (Wildman–Crippen MR) is 198 cm³/mol. The molecule has 6 aromatic carbocycles. The van der Waals surface area contributed by atoms with Crippen molar-refractivity contribution in [3.8, 4) is 5.75 Å². The van der Waals surface area contributed by atoms with Crippen molar-refractivity contribution < 1.29 is 4.74 Å². The highest BCUT2D eigenvalue weighted by molar-refractivity contribution is 6.84. The molecule has 1 fully saturated rings. The first kappa shape index (κ1) is 27.9. The molecule has 3 atom stereocenters. The van der Waals surface area contributed by atoms with E-state index in [1.165, 1.54) is 91.5 Å². The summed E-state index contributed by atoms with van der Waals surface area (Å²) in [6.45, 7) is 0.816. The lowest BCUT2D eigenvalue weighted by atomic mass is 9.89. The highest BCUT2D eigenvalue weighted by atomic mass is 28.3. The van der Waals surface area contributed by atoms with Crippen LogP contribution in [-0.2, 0) is 0 Å². The third-order valence-electron chi connectivity index (χ3n) is 10.9. The molecule has 0 amide bonds. The number of ether oxygens (including phenoxy) is 1. The van der Waals surface area contributed by atoms with E-state index in [0.29, 0.717) is 0 Å². The molecule has 2 aliphatic carbocycles. The molecule has 3 aliphatic rings. The molecule has 1 heterocycles. The highest BCUT2D eigenvalue weighted by Crippen LogP contribution is 2.45. The van der Waals surface area contributed by atoms with Gasteiger partial charge in [-0.15, -0.1) is 0 Å². The largest absolute Gasteiger partial charge is 0.494 e. The fourth-order valence-corrected chi connectivity index (χ4v) is 10.4. The van der Waals surface area contributed by atoms with Crippen molar-refractivity contribution in [2.45, 2.75) is 38.5 Å². The molecular weight excluding hydrogens is 573 g/mol. The van der Waals surface area contributed by atoms with E-state index >= 15 is 0 Å². The van der Waals surface area contributed by atoms with Gasteiger partial charge in [0.15, 0.2) is 0 Å². The molecule has 1 nitrogen and oxygen atoms in total. The summed E-state index contributed by atoms with van der Waals surface area (Å²) in [7, 11) is -0.954. The zero-order valence-corrected chi connectivity index (χ0v) is 27.3. The van der Waals surface area contributed by atoms with Gasteiger partial charge in [-0.2, -0.15) is 0 Å². The summed E-state index contributed by atoms with van der Waals surface area (Å²) in [6, 6.07) is 38.3. The molecule has 9 rings (SSSR count). The second kappa shape index (κ2) is 11.8. The number of unbranched alkanes of at least 4 members (excludes halogenated alkanes) is 2. The van der Waals surface area contributed by atoms with E-state index in [2.05, 4.69) is 133 Å². The van der Waals surface area contributed by atoms with Gasteiger partial charge in [-0.1, -0.05) is 120 Å². The summed E-state index contributed by atoms with van der Waals surface area (Å²) in [5.74, 6) is 3.72. The summed E-state index contributed by atoms with van der Waals surface area (Å²) in [6.07, 6.45) is 15.3. The molecule has 3 unspecified atom stereocenters. The SMILES string of the molecule is C1=C[Si](c2ccc(OCCCCCC3CC4C=CC3C4)cc2)C=C1c1c2ccccc2cc2c1ccc1cc3ccccc3cc12. The maximum atomic E-state index is 6.16. The average Bonchev–Trinajstić information content (AvgIpc) is 3.87. The van der Waals surface area contributed by atoms with E-state index in [-0.39, 0.29) is 0 Å². The number of fused-ring (bicyclic) bond motifs is 7. The van der Waals surface area contributed by atoms with E-state index in [0.717, 1.165) is 36.5 Å². The molecule has 225 valence electrons. The Morgan fingerprint density at radius 3 is 2.24 bits per heavy atom. The van der Waals surface area contributed by atoms with Crippen LogP contribution in [0.3, 0.4) is 0 Å². The minimum Gasteiger partial charge on any atom is -0.494 e. The lowest BCUT2D eigenvalue weighted by molar-refractivity contribution is 0.299. The van der Waals surface area contributed by atoms with Gasteiger partial charge in [0, 0.05) is 0 Å². The van der Waals surface area contributed by atoms with Crippen LogP contribution in [0.15, 0.2) is 133 Å². The Morgan fingerprint density at radius 2 is 1.41 bits per heavy atom. The topological polar surface area (TPSA) is 9.23 Å². The molecule has 0 N–H and O–H groups in total. The van der Waals surface area contributed by atoms with Crippen molar-refractivity contribution in [1.82, 2.24) is 0 Å². The van der Waals surface area contributed by atoms with Crippen LogP contribution in [0.2, 0.25) is 0 Å². The minimum absolute atomic E-state index is 0.816. The quantitative estimate of drug-likeness (QED) is 0.0520. The predicted octanol–water partition coefficient (Wildman–Crippen LogP) is 10.9. The fourth-order valence-electron chi connectivity index (χ4n) is 8.50. The summed E-state index contributed by atoms with van der Waals surface area (Å²) in [5.41, 5.74) is 7.69. The van der Waals surface area contributed by atoms with Gasteiger partial charge in [0.2, 0.25) is 0 Å².